The summed E-state index contributed by atoms with van der Waals surface area (Å²) in [5.74, 6) is 0. The van der Waals surface area contributed by atoms with Crippen molar-refractivity contribution in [3.05, 3.63) is 194 Å². The summed E-state index contributed by atoms with van der Waals surface area (Å²) in [4.78, 5) is 0. The van der Waals surface area contributed by atoms with Gasteiger partial charge in [-0.05, 0) is 92.0 Å². The Balaban J connectivity index is 1.54. The van der Waals surface area contributed by atoms with Gasteiger partial charge in [-0.3, -0.25) is 0 Å². The molecule has 8 aromatic carbocycles. The Morgan fingerprint density at radius 1 is 0.347 bits per heavy atom. The van der Waals surface area contributed by atoms with Crippen LogP contribution in [0.4, 0.5) is 0 Å². The molecule has 0 atom stereocenters. The summed E-state index contributed by atoms with van der Waals surface area (Å²) in [5.41, 5.74) is 16.0. The van der Waals surface area contributed by atoms with Gasteiger partial charge in [0.2, 0.25) is 0 Å². The van der Waals surface area contributed by atoms with Crippen LogP contribution >= 0.6 is 15.8 Å². The highest BCUT2D eigenvalue weighted by atomic mass is 31.1. The maximum atomic E-state index is 6.23. The second-order valence-corrected chi connectivity index (χ2v) is 16.5. The zero-order valence-corrected chi connectivity index (χ0v) is 28.8. The van der Waals surface area contributed by atoms with Crippen molar-refractivity contribution in [3.8, 4) is 11.1 Å². The van der Waals surface area contributed by atoms with Crippen LogP contribution in [-0.4, -0.2) is 0 Å². The van der Waals surface area contributed by atoms with E-state index in [9.17, 15) is 0 Å². The number of nitrogens with two attached hydrogens (primary N) is 2. The van der Waals surface area contributed by atoms with E-state index in [0.29, 0.717) is 0 Å². The highest BCUT2D eigenvalue weighted by Crippen LogP contribution is 2.45. The molecule has 0 fully saturated rings. The normalized spacial score (nSPS) is 11.6. The number of hydrogen-bond donors (Lipinski definition) is 2. The summed E-state index contributed by atoms with van der Waals surface area (Å²) in [7, 11) is -1.83. The third-order valence-electron chi connectivity index (χ3n) is 9.10. The first-order chi connectivity index (χ1) is 24.2. The maximum Gasteiger partial charge on any atom is 0.0784 e. The first-order valence-electron chi connectivity index (χ1n) is 16.6. The van der Waals surface area contributed by atoms with E-state index in [2.05, 4.69) is 188 Å². The lowest BCUT2D eigenvalue weighted by molar-refractivity contribution is 0.775. The first-order valence-corrected chi connectivity index (χ1v) is 19.3. The molecular weight excluding hydrogens is 630 g/mol. The second-order valence-electron chi connectivity index (χ2n) is 12.2. The van der Waals surface area contributed by atoms with E-state index in [4.69, 9.17) is 11.5 Å². The minimum atomic E-state index is -0.921. The fourth-order valence-corrected chi connectivity index (χ4v) is 11.8. The van der Waals surface area contributed by atoms with Crippen LogP contribution in [0.15, 0.2) is 188 Å². The zero-order valence-electron chi connectivity index (χ0n) is 27.0. The molecule has 0 radical (unpaired) electrons. The van der Waals surface area contributed by atoms with Crippen molar-refractivity contribution in [3.63, 3.8) is 0 Å². The lowest BCUT2D eigenvalue weighted by Gasteiger charge is -2.28. The number of fused-ring (bicyclic) bond motifs is 2. The molecule has 0 aliphatic rings. The van der Waals surface area contributed by atoms with Crippen LogP contribution in [0, 0.1) is 0 Å². The van der Waals surface area contributed by atoms with Crippen molar-refractivity contribution >= 4 is 69.2 Å². The average molecular weight is 667 g/mol. The lowest BCUT2D eigenvalue weighted by Crippen LogP contribution is -2.26. The molecule has 4 heteroatoms. The molecule has 236 valence electrons. The van der Waals surface area contributed by atoms with Gasteiger partial charge in [-0.25, -0.2) is 0 Å². The number of benzene rings is 8. The van der Waals surface area contributed by atoms with Crippen LogP contribution < -0.4 is 43.3 Å². The smallest absolute Gasteiger partial charge is 0.0784 e. The molecule has 8 rings (SSSR count). The number of hydrogen-bond acceptors (Lipinski definition) is 2. The summed E-state index contributed by atoms with van der Waals surface area (Å²) in [6, 6.07) is 68.8. The van der Waals surface area contributed by atoms with Crippen molar-refractivity contribution in [2.75, 3.05) is 0 Å². The second kappa shape index (κ2) is 13.9. The summed E-state index contributed by atoms with van der Waals surface area (Å²) in [6.07, 6.45) is -0.546. The van der Waals surface area contributed by atoms with Crippen LogP contribution in [0.5, 0.6) is 0 Å². The van der Waals surface area contributed by atoms with Gasteiger partial charge in [-0.1, -0.05) is 182 Å². The third-order valence-corrected chi connectivity index (χ3v) is 14.1. The minimum Gasteiger partial charge on any atom is -0.312 e. The Labute approximate surface area is 290 Å². The molecule has 0 aliphatic heterocycles. The standard InChI is InChI=1S/C45H36N2P2/c46-45(47)34-25-28-40-33(31-34)27-30-42(49(37-20-9-3-10-21-37)38-22-11-4-12-23-38)44(40)43-39-24-14-13-15-32(39)26-29-41(43)48(35-16-5-1-6-17-35)36-18-7-2-8-19-36/h1-31,45H,46-47H2. The molecule has 0 aliphatic carbocycles. The average Bonchev–Trinajstić information content (AvgIpc) is 3.16. The summed E-state index contributed by atoms with van der Waals surface area (Å²) < 4.78 is 0. The summed E-state index contributed by atoms with van der Waals surface area (Å²) in [5, 5.41) is 12.8. The van der Waals surface area contributed by atoms with E-state index >= 15 is 0 Å². The number of rotatable bonds is 8. The van der Waals surface area contributed by atoms with E-state index in [1.165, 1.54) is 59.1 Å². The van der Waals surface area contributed by atoms with Crippen molar-refractivity contribution in [1.82, 2.24) is 0 Å². The SMILES string of the molecule is NC(N)c1ccc2c(-c3c(P(c4ccccc4)c4ccccc4)ccc4ccccc34)c(P(c3ccccc3)c3ccccc3)ccc2c1. The van der Waals surface area contributed by atoms with Crippen LogP contribution in [0.2, 0.25) is 0 Å². The quantitative estimate of drug-likeness (QED) is 0.127. The van der Waals surface area contributed by atoms with Gasteiger partial charge >= 0.3 is 0 Å². The Morgan fingerprint density at radius 3 is 1.18 bits per heavy atom. The van der Waals surface area contributed by atoms with Crippen LogP contribution in [0.1, 0.15) is 11.7 Å². The van der Waals surface area contributed by atoms with Gasteiger partial charge in [0.05, 0.1) is 6.17 Å². The molecular formula is C45H36N2P2. The van der Waals surface area contributed by atoms with E-state index in [1.807, 2.05) is 0 Å². The first kappa shape index (κ1) is 31.3. The molecule has 8 aromatic rings. The van der Waals surface area contributed by atoms with Crippen molar-refractivity contribution < 1.29 is 0 Å². The molecule has 49 heavy (non-hydrogen) atoms. The molecule has 0 saturated heterocycles. The highest BCUT2D eigenvalue weighted by molar-refractivity contribution is 7.80. The fourth-order valence-electron chi connectivity index (χ4n) is 6.87. The van der Waals surface area contributed by atoms with Crippen LogP contribution in [0.3, 0.4) is 0 Å². The van der Waals surface area contributed by atoms with E-state index in [-0.39, 0.29) is 0 Å². The Hall–Kier alpha value is -4.94. The van der Waals surface area contributed by atoms with E-state index < -0.39 is 22.0 Å². The van der Waals surface area contributed by atoms with Gasteiger partial charge in [0.1, 0.15) is 0 Å². The van der Waals surface area contributed by atoms with Crippen LogP contribution in [0.25, 0.3) is 32.7 Å². The maximum absolute atomic E-state index is 6.23. The van der Waals surface area contributed by atoms with E-state index in [1.54, 1.807) is 0 Å². The molecule has 4 N–H and O–H groups in total. The minimum absolute atomic E-state index is 0.546. The van der Waals surface area contributed by atoms with Gasteiger partial charge in [0, 0.05) is 0 Å². The highest BCUT2D eigenvalue weighted by Gasteiger charge is 2.28. The fraction of sp³-hybridized carbons (Fsp3) is 0.0222. The topological polar surface area (TPSA) is 52.0 Å². The van der Waals surface area contributed by atoms with Gasteiger partial charge in [-0.2, -0.15) is 0 Å². The van der Waals surface area contributed by atoms with E-state index in [0.717, 1.165) is 10.9 Å². The molecule has 0 saturated carbocycles. The largest absolute Gasteiger partial charge is 0.312 e. The molecule has 2 nitrogen and oxygen atoms in total. The Bertz CT molecular complexity index is 2280. The zero-order chi connectivity index (χ0) is 33.2. The molecule has 0 amide bonds. The summed E-state index contributed by atoms with van der Waals surface area (Å²) in [6.45, 7) is 0. The van der Waals surface area contributed by atoms with Gasteiger partial charge < -0.3 is 11.5 Å². The Morgan fingerprint density at radius 2 is 0.735 bits per heavy atom. The van der Waals surface area contributed by atoms with Gasteiger partial charge in [-0.15, -0.1) is 0 Å². The summed E-state index contributed by atoms with van der Waals surface area (Å²) >= 11 is 0. The van der Waals surface area contributed by atoms with Crippen molar-refractivity contribution in [2.45, 2.75) is 6.17 Å². The predicted octanol–water partition coefficient (Wildman–Crippen LogP) is 8.09. The molecule has 0 bridgehead atoms. The van der Waals surface area contributed by atoms with Gasteiger partial charge in [0.25, 0.3) is 0 Å². The van der Waals surface area contributed by atoms with Crippen molar-refractivity contribution in [2.24, 2.45) is 11.5 Å². The monoisotopic (exact) mass is 666 g/mol. The third kappa shape index (κ3) is 6.10. The Kier molecular flexibility index (Phi) is 8.88. The van der Waals surface area contributed by atoms with Gasteiger partial charge in [0.15, 0.2) is 0 Å². The van der Waals surface area contributed by atoms with Crippen molar-refractivity contribution in [1.29, 1.82) is 0 Å². The lowest BCUT2D eigenvalue weighted by atomic mass is 9.92. The molecule has 0 aromatic heterocycles. The molecule has 0 spiro atoms. The molecule has 0 heterocycles. The van der Waals surface area contributed by atoms with Crippen LogP contribution in [-0.2, 0) is 0 Å². The predicted molar refractivity (Wildman–Crippen MR) is 215 cm³/mol. The molecule has 0 unspecified atom stereocenters.